The SMILES string of the molecule is CCC[C@@H](C)CS(=O)(=O)NCc1ccnc(OC(C)C)c1. The van der Waals surface area contributed by atoms with Crippen LogP contribution >= 0.6 is 0 Å². The fourth-order valence-electron chi connectivity index (χ4n) is 2.07. The Bertz CT molecular complexity index is 529. The largest absolute Gasteiger partial charge is 0.475 e. The molecule has 1 atom stereocenters. The smallest absolute Gasteiger partial charge is 0.213 e. The second-order valence-electron chi connectivity index (χ2n) is 5.67. The van der Waals surface area contributed by atoms with Gasteiger partial charge in [-0.05, 0) is 37.8 Å². The molecule has 21 heavy (non-hydrogen) atoms. The van der Waals surface area contributed by atoms with Crippen LogP contribution in [-0.4, -0.2) is 25.3 Å². The number of hydrogen-bond acceptors (Lipinski definition) is 4. The summed E-state index contributed by atoms with van der Waals surface area (Å²) in [6, 6.07) is 3.54. The monoisotopic (exact) mass is 314 g/mol. The molecule has 1 heterocycles. The minimum atomic E-state index is -3.25. The lowest BCUT2D eigenvalue weighted by molar-refractivity contribution is 0.232. The molecule has 0 amide bonds. The van der Waals surface area contributed by atoms with E-state index in [2.05, 4.69) is 16.6 Å². The van der Waals surface area contributed by atoms with Crippen LogP contribution in [0.3, 0.4) is 0 Å². The van der Waals surface area contributed by atoms with E-state index in [1.807, 2.05) is 20.8 Å². The lowest BCUT2D eigenvalue weighted by atomic mass is 10.1. The van der Waals surface area contributed by atoms with Crippen LogP contribution in [0, 0.1) is 5.92 Å². The van der Waals surface area contributed by atoms with Gasteiger partial charge in [-0.2, -0.15) is 0 Å². The minimum absolute atomic E-state index is 0.0411. The van der Waals surface area contributed by atoms with Gasteiger partial charge in [-0.25, -0.2) is 18.1 Å². The van der Waals surface area contributed by atoms with Crippen molar-refractivity contribution >= 4 is 10.0 Å². The first kappa shape index (κ1) is 17.9. The molecule has 1 rings (SSSR count). The number of ether oxygens (including phenoxy) is 1. The molecule has 6 heteroatoms. The molecule has 1 aromatic heterocycles. The standard InChI is InChI=1S/C15H26N2O3S/c1-5-6-13(4)11-21(18,19)17-10-14-7-8-16-15(9-14)20-12(2)3/h7-9,12-13,17H,5-6,10-11H2,1-4H3/t13-/m1/s1. The number of rotatable bonds is 9. The van der Waals surface area contributed by atoms with Gasteiger partial charge in [-0.3, -0.25) is 0 Å². The Balaban J connectivity index is 2.58. The summed E-state index contributed by atoms with van der Waals surface area (Å²) >= 11 is 0. The maximum atomic E-state index is 12.0. The van der Waals surface area contributed by atoms with E-state index in [-0.39, 0.29) is 24.3 Å². The lowest BCUT2D eigenvalue weighted by Crippen LogP contribution is -2.28. The van der Waals surface area contributed by atoms with Crippen molar-refractivity contribution in [1.29, 1.82) is 0 Å². The maximum absolute atomic E-state index is 12.0. The summed E-state index contributed by atoms with van der Waals surface area (Å²) in [4.78, 5) is 4.10. The number of pyridine rings is 1. The topological polar surface area (TPSA) is 68.3 Å². The highest BCUT2D eigenvalue weighted by molar-refractivity contribution is 7.89. The third-order valence-corrected chi connectivity index (χ3v) is 4.53. The van der Waals surface area contributed by atoms with E-state index >= 15 is 0 Å². The van der Waals surface area contributed by atoms with Gasteiger partial charge in [0.1, 0.15) is 0 Å². The Morgan fingerprint density at radius 2 is 2.05 bits per heavy atom. The van der Waals surface area contributed by atoms with Crippen molar-refractivity contribution in [2.45, 2.75) is 53.2 Å². The van der Waals surface area contributed by atoms with Crippen LogP contribution in [-0.2, 0) is 16.6 Å². The summed E-state index contributed by atoms with van der Waals surface area (Å²) in [7, 11) is -3.25. The van der Waals surface area contributed by atoms with E-state index in [0.717, 1.165) is 18.4 Å². The molecule has 0 unspecified atom stereocenters. The number of aromatic nitrogens is 1. The highest BCUT2D eigenvalue weighted by atomic mass is 32.2. The maximum Gasteiger partial charge on any atom is 0.213 e. The van der Waals surface area contributed by atoms with E-state index in [1.165, 1.54) is 0 Å². The Morgan fingerprint density at radius 3 is 2.67 bits per heavy atom. The Labute approximate surface area is 128 Å². The predicted molar refractivity (Wildman–Crippen MR) is 84.7 cm³/mol. The van der Waals surface area contributed by atoms with Gasteiger partial charge in [0.25, 0.3) is 0 Å². The summed E-state index contributed by atoms with van der Waals surface area (Å²) in [5.41, 5.74) is 0.840. The second kappa shape index (κ2) is 8.34. The van der Waals surface area contributed by atoms with Crippen molar-refractivity contribution in [3.63, 3.8) is 0 Å². The first-order valence-electron chi connectivity index (χ1n) is 7.41. The van der Waals surface area contributed by atoms with Crippen LogP contribution in [0.5, 0.6) is 5.88 Å². The fourth-order valence-corrected chi connectivity index (χ4v) is 3.49. The van der Waals surface area contributed by atoms with E-state index in [4.69, 9.17) is 4.74 Å². The van der Waals surface area contributed by atoms with Crippen molar-refractivity contribution in [1.82, 2.24) is 9.71 Å². The number of sulfonamides is 1. The molecule has 5 nitrogen and oxygen atoms in total. The van der Waals surface area contributed by atoms with Crippen molar-refractivity contribution in [2.24, 2.45) is 5.92 Å². The zero-order valence-corrected chi connectivity index (χ0v) is 14.1. The number of hydrogen-bond donors (Lipinski definition) is 1. The van der Waals surface area contributed by atoms with Gasteiger partial charge in [0.15, 0.2) is 0 Å². The third kappa shape index (κ3) is 7.43. The van der Waals surface area contributed by atoms with Gasteiger partial charge < -0.3 is 4.74 Å². The van der Waals surface area contributed by atoms with Gasteiger partial charge in [0, 0.05) is 18.8 Å². The van der Waals surface area contributed by atoms with Crippen LogP contribution in [0.25, 0.3) is 0 Å². The molecule has 1 aromatic rings. The molecular weight excluding hydrogens is 288 g/mol. The summed E-state index contributed by atoms with van der Waals surface area (Å²) in [6.07, 6.45) is 3.58. The number of nitrogens with zero attached hydrogens (tertiary/aromatic N) is 1. The molecule has 120 valence electrons. The van der Waals surface area contributed by atoms with Crippen LogP contribution < -0.4 is 9.46 Å². The number of nitrogens with one attached hydrogen (secondary N) is 1. The molecule has 0 aliphatic heterocycles. The van der Waals surface area contributed by atoms with Gasteiger partial charge >= 0.3 is 0 Å². The van der Waals surface area contributed by atoms with E-state index < -0.39 is 10.0 Å². The zero-order chi connectivity index (χ0) is 15.9. The normalized spacial score (nSPS) is 13.4. The lowest BCUT2D eigenvalue weighted by Gasteiger charge is -2.13. The highest BCUT2D eigenvalue weighted by Crippen LogP contribution is 2.12. The Morgan fingerprint density at radius 1 is 1.33 bits per heavy atom. The van der Waals surface area contributed by atoms with Crippen molar-refractivity contribution in [3.8, 4) is 5.88 Å². The molecule has 1 N–H and O–H groups in total. The van der Waals surface area contributed by atoms with Gasteiger partial charge in [0.05, 0.1) is 11.9 Å². The van der Waals surface area contributed by atoms with Crippen molar-refractivity contribution < 1.29 is 13.2 Å². The third-order valence-electron chi connectivity index (χ3n) is 2.94. The van der Waals surface area contributed by atoms with Crippen LogP contribution in [0.15, 0.2) is 18.3 Å². The summed E-state index contributed by atoms with van der Waals surface area (Å²) in [5, 5.41) is 0. The van der Waals surface area contributed by atoms with Gasteiger partial charge in [-0.15, -0.1) is 0 Å². The Hall–Kier alpha value is -1.14. The molecule has 0 saturated heterocycles. The van der Waals surface area contributed by atoms with Crippen molar-refractivity contribution in [2.75, 3.05) is 5.75 Å². The zero-order valence-electron chi connectivity index (χ0n) is 13.3. The molecule has 0 aliphatic rings. The molecule has 0 radical (unpaired) electrons. The first-order valence-corrected chi connectivity index (χ1v) is 9.06. The van der Waals surface area contributed by atoms with E-state index in [0.29, 0.717) is 5.88 Å². The Kier molecular flexibility index (Phi) is 7.11. The summed E-state index contributed by atoms with van der Waals surface area (Å²) in [5.74, 6) is 0.854. The average Bonchev–Trinajstić information content (AvgIpc) is 2.36. The van der Waals surface area contributed by atoms with Gasteiger partial charge in [-0.1, -0.05) is 20.3 Å². The predicted octanol–water partition coefficient (Wildman–Crippen LogP) is 2.72. The minimum Gasteiger partial charge on any atom is -0.475 e. The van der Waals surface area contributed by atoms with Crippen LogP contribution in [0.2, 0.25) is 0 Å². The van der Waals surface area contributed by atoms with Crippen LogP contribution in [0.4, 0.5) is 0 Å². The highest BCUT2D eigenvalue weighted by Gasteiger charge is 2.15. The first-order chi connectivity index (χ1) is 9.82. The second-order valence-corrected chi connectivity index (χ2v) is 7.52. The molecule has 0 aliphatic carbocycles. The van der Waals surface area contributed by atoms with Crippen LogP contribution in [0.1, 0.15) is 46.1 Å². The molecular formula is C15H26N2O3S. The quantitative estimate of drug-likeness (QED) is 0.761. The van der Waals surface area contributed by atoms with E-state index in [1.54, 1.807) is 18.3 Å². The average molecular weight is 314 g/mol. The molecule has 0 fully saturated rings. The fraction of sp³-hybridized carbons (Fsp3) is 0.667. The summed E-state index contributed by atoms with van der Waals surface area (Å²) in [6.45, 7) is 8.13. The summed E-state index contributed by atoms with van der Waals surface area (Å²) < 4.78 is 32.1. The molecule has 0 saturated carbocycles. The van der Waals surface area contributed by atoms with E-state index in [9.17, 15) is 8.42 Å². The molecule has 0 aromatic carbocycles. The van der Waals surface area contributed by atoms with Gasteiger partial charge in [0.2, 0.25) is 15.9 Å². The molecule has 0 spiro atoms. The van der Waals surface area contributed by atoms with Crippen molar-refractivity contribution in [3.05, 3.63) is 23.9 Å². The molecule has 0 bridgehead atoms.